The third-order valence-electron chi connectivity index (χ3n) is 7.92. The Bertz CT molecular complexity index is 2210. The van der Waals surface area contributed by atoms with Gasteiger partial charge in [-0.05, 0) is 43.0 Å². The van der Waals surface area contributed by atoms with Crippen LogP contribution >= 0.6 is 22.7 Å². The van der Waals surface area contributed by atoms with E-state index in [0.29, 0.717) is 20.6 Å². The van der Waals surface area contributed by atoms with Crippen LogP contribution in [-0.4, -0.2) is 21.7 Å². The van der Waals surface area contributed by atoms with Crippen LogP contribution in [-0.2, 0) is 16.1 Å². The number of rotatable bonds is 7. The first kappa shape index (κ1) is 28.0. The van der Waals surface area contributed by atoms with Gasteiger partial charge in [0.25, 0.3) is 5.56 Å². The predicted molar refractivity (Wildman–Crippen MR) is 178 cm³/mol. The fourth-order valence-corrected chi connectivity index (χ4v) is 7.70. The SMILES string of the molecule is CCOC(=O)C1=C(c2ccccc2)N=c2s/c(=C\c3c(C)n(Cc4ccccc4)c4ccccc34)c(=O)n2[C@H]1c1cccs1. The van der Waals surface area contributed by atoms with Gasteiger partial charge in [0.05, 0.1) is 22.4 Å². The van der Waals surface area contributed by atoms with Gasteiger partial charge in [0.15, 0.2) is 4.80 Å². The highest BCUT2D eigenvalue weighted by atomic mass is 32.1. The first-order valence-electron chi connectivity index (χ1n) is 14.5. The maximum atomic E-state index is 14.3. The molecule has 0 aliphatic carbocycles. The fraction of sp³-hybridized carbons (Fsp3) is 0.139. The van der Waals surface area contributed by atoms with E-state index in [-0.39, 0.29) is 12.2 Å². The van der Waals surface area contributed by atoms with Crippen molar-refractivity contribution in [3.05, 3.63) is 155 Å². The van der Waals surface area contributed by atoms with E-state index in [9.17, 15) is 9.59 Å². The second kappa shape index (κ2) is 11.7. The number of hydrogen-bond donors (Lipinski definition) is 0. The number of thiophene rings is 1. The van der Waals surface area contributed by atoms with E-state index < -0.39 is 12.0 Å². The van der Waals surface area contributed by atoms with Gasteiger partial charge < -0.3 is 9.30 Å². The maximum absolute atomic E-state index is 14.3. The summed E-state index contributed by atoms with van der Waals surface area (Å²) in [6, 6.07) is 31.6. The number of ether oxygens (including phenoxy) is 1. The Morgan fingerprint density at radius 3 is 2.41 bits per heavy atom. The van der Waals surface area contributed by atoms with Gasteiger partial charge in [-0.2, -0.15) is 0 Å². The van der Waals surface area contributed by atoms with Crippen LogP contribution in [0.25, 0.3) is 22.7 Å². The van der Waals surface area contributed by atoms with Crippen LogP contribution in [0.2, 0.25) is 0 Å². The lowest BCUT2D eigenvalue weighted by molar-refractivity contribution is -0.138. The van der Waals surface area contributed by atoms with Crippen LogP contribution in [0, 0.1) is 6.92 Å². The number of benzene rings is 3. The van der Waals surface area contributed by atoms with Crippen LogP contribution in [0.15, 0.2) is 118 Å². The zero-order valence-electron chi connectivity index (χ0n) is 24.3. The van der Waals surface area contributed by atoms with E-state index in [2.05, 4.69) is 47.9 Å². The standard InChI is InChI=1S/C36H29N3O3S2/c1-3-42-35(41)31-32(25-15-8-5-9-16-25)37-36-39(33(31)29-19-12-20-43-29)34(40)30(44-36)21-27-23(2)38(22-24-13-6-4-7-14-24)28-18-11-10-17-26(27)28/h4-21,33H,3,22H2,1-2H3/b30-21-/t33-/m0/s1. The van der Waals surface area contributed by atoms with Crippen LogP contribution in [0.1, 0.15) is 40.2 Å². The molecular weight excluding hydrogens is 587 g/mol. The summed E-state index contributed by atoms with van der Waals surface area (Å²) in [5, 5.41) is 3.04. The highest BCUT2D eigenvalue weighted by Crippen LogP contribution is 2.37. The molecule has 7 rings (SSSR count). The van der Waals surface area contributed by atoms with E-state index in [0.717, 1.165) is 39.1 Å². The molecule has 4 heterocycles. The molecule has 3 aromatic heterocycles. The second-order valence-corrected chi connectivity index (χ2v) is 12.5. The number of carbonyl (C=O) groups excluding carboxylic acids is 1. The Morgan fingerprint density at radius 2 is 1.68 bits per heavy atom. The summed E-state index contributed by atoms with van der Waals surface area (Å²) >= 11 is 2.86. The van der Waals surface area contributed by atoms with Gasteiger partial charge in [0.2, 0.25) is 0 Å². The molecule has 0 radical (unpaired) electrons. The predicted octanol–water partition coefficient (Wildman–Crippen LogP) is 6.31. The van der Waals surface area contributed by atoms with E-state index in [4.69, 9.17) is 9.73 Å². The van der Waals surface area contributed by atoms with Crippen LogP contribution in [0.5, 0.6) is 0 Å². The number of nitrogens with zero attached hydrogens (tertiary/aromatic N) is 3. The molecule has 0 amide bonds. The van der Waals surface area contributed by atoms with Crippen molar-refractivity contribution in [2.45, 2.75) is 26.4 Å². The molecule has 0 unspecified atom stereocenters. The number of fused-ring (bicyclic) bond motifs is 2. The Kier molecular flexibility index (Phi) is 7.46. The molecule has 0 saturated heterocycles. The Labute approximate surface area is 262 Å². The number of esters is 1. The maximum Gasteiger partial charge on any atom is 0.338 e. The molecule has 1 aliphatic rings. The van der Waals surface area contributed by atoms with Crippen molar-refractivity contribution >= 4 is 51.3 Å². The van der Waals surface area contributed by atoms with Crippen molar-refractivity contribution in [2.24, 2.45) is 4.99 Å². The molecule has 44 heavy (non-hydrogen) atoms. The lowest BCUT2D eigenvalue weighted by Crippen LogP contribution is -2.39. The molecule has 1 atom stereocenters. The minimum absolute atomic E-state index is 0.180. The van der Waals surface area contributed by atoms with Crippen molar-refractivity contribution in [3.63, 3.8) is 0 Å². The van der Waals surface area contributed by atoms with Crippen molar-refractivity contribution in [1.82, 2.24) is 9.13 Å². The lowest BCUT2D eigenvalue weighted by atomic mass is 9.97. The van der Waals surface area contributed by atoms with Gasteiger partial charge in [0, 0.05) is 39.1 Å². The molecule has 0 bridgehead atoms. The zero-order chi connectivity index (χ0) is 30.2. The summed E-state index contributed by atoms with van der Waals surface area (Å²) < 4.78 is 10.1. The molecule has 8 heteroatoms. The number of aromatic nitrogens is 2. The van der Waals surface area contributed by atoms with Gasteiger partial charge in [-0.25, -0.2) is 9.79 Å². The number of thiazole rings is 1. The van der Waals surface area contributed by atoms with Crippen molar-refractivity contribution in [2.75, 3.05) is 6.61 Å². The average molecular weight is 616 g/mol. The molecule has 1 aliphatic heterocycles. The summed E-state index contributed by atoms with van der Waals surface area (Å²) in [5.74, 6) is -0.470. The largest absolute Gasteiger partial charge is 0.463 e. The third-order valence-corrected chi connectivity index (χ3v) is 9.83. The summed E-state index contributed by atoms with van der Waals surface area (Å²) in [6.45, 7) is 4.83. The number of para-hydroxylation sites is 1. The van der Waals surface area contributed by atoms with Crippen LogP contribution in [0.3, 0.4) is 0 Å². The van der Waals surface area contributed by atoms with Crippen LogP contribution in [0.4, 0.5) is 0 Å². The average Bonchev–Trinajstić information content (AvgIpc) is 3.76. The zero-order valence-corrected chi connectivity index (χ0v) is 25.9. The van der Waals surface area contributed by atoms with Gasteiger partial charge in [-0.1, -0.05) is 96.3 Å². The Morgan fingerprint density at radius 1 is 0.955 bits per heavy atom. The molecule has 0 fully saturated rings. The highest BCUT2D eigenvalue weighted by Gasteiger charge is 2.35. The molecular formula is C36H29N3O3S2. The molecule has 0 spiro atoms. The van der Waals surface area contributed by atoms with E-state index in [1.54, 1.807) is 11.5 Å². The molecule has 0 N–H and O–H groups in total. The smallest absolute Gasteiger partial charge is 0.338 e. The third kappa shape index (κ3) is 4.86. The minimum Gasteiger partial charge on any atom is -0.463 e. The fourth-order valence-electron chi connectivity index (χ4n) is 5.90. The van der Waals surface area contributed by atoms with Gasteiger partial charge in [0.1, 0.15) is 6.04 Å². The summed E-state index contributed by atoms with van der Waals surface area (Å²) in [5.41, 5.74) is 5.92. The monoisotopic (exact) mass is 615 g/mol. The summed E-state index contributed by atoms with van der Waals surface area (Å²) in [7, 11) is 0. The van der Waals surface area contributed by atoms with Gasteiger partial charge in [-0.3, -0.25) is 9.36 Å². The Hall–Kier alpha value is -4.79. The normalized spacial score (nSPS) is 15.0. The first-order chi connectivity index (χ1) is 21.5. The van der Waals surface area contributed by atoms with Crippen LogP contribution < -0.4 is 14.9 Å². The summed E-state index contributed by atoms with van der Waals surface area (Å²) in [4.78, 5) is 34.3. The van der Waals surface area contributed by atoms with E-state index in [1.165, 1.54) is 28.2 Å². The van der Waals surface area contributed by atoms with Crippen molar-refractivity contribution in [3.8, 4) is 0 Å². The van der Waals surface area contributed by atoms with Crippen molar-refractivity contribution < 1.29 is 9.53 Å². The molecule has 6 nitrogen and oxygen atoms in total. The molecule has 6 aromatic rings. The first-order valence-corrected chi connectivity index (χ1v) is 16.2. The Balaban J connectivity index is 1.47. The topological polar surface area (TPSA) is 65.6 Å². The van der Waals surface area contributed by atoms with Gasteiger partial charge >= 0.3 is 5.97 Å². The number of hydrogen-bond acceptors (Lipinski definition) is 6. The van der Waals surface area contributed by atoms with Gasteiger partial charge in [-0.15, -0.1) is 11.3 Å². The molecule has 3 aromatic carbocycles. The summed E-state index contributed by atoms with van der Waals surface area (Å²) in [6.07, 6.45) is 1.99. The quantitative estimate of drug-likeness (QED) is 0.198. The van der Waals surface area contributed by atoms with E-state index in [1.807, 2.05) is 72.1 Å². The van der Waals surface area contributed by atoms with E-state index >= 15 is 0 Å². The molecule has 218 valence electrons. The minimum atomic E-state index is -0.650. The number of carbonyl (C=O) groups is 1. The molecule has 0 saturated carbocycles. The highest BCUT2D eigenvalue weighted by molar-refractivity contribution is 7.10. The lowest BCUT2D eigenvalue weighted by Gasteiger charge is -2.24. The second-order valence-electron chi connectivity index (χ2n) is 10.5. The van der Waals surface area contributed by atoms with Crippen molar-refractivity contribution in [1.29, 1.82) is 0 Å².